The molecule has 0 aromatic heterocycles. The average molecular weight is 555 g/mol. The van der Waals surface area contributed by atoms with Crippen LogP contribution in [0, 0.1) is 0 Å². The van der Waals surface area contributed by atoms with E-state index in [1.54, 1.807) is 14.2 Å². The van der Waals surface area contributed by atoms with E-state index in [9.17, 15) is 0 Å². The minimum atomic E-state index is -0.0365. The second kappa shape index (κ2) is 8.73. The lowest BCUT2D eigenvalue weighted by Gasteiger charge is -2.35. The summed E-state index contributed by atoms with van der Waals surface area (Å²) in [5.74, 6) is 1.86. The minimum Gasteiger partial charge on any atom is -0.497 e. The third-order valence-corrected chi connectivity index (χ3v) is 11.2. The van der Waals surface area contributed by atoms with E-state index in [2.05, 4.69) is 105 Å². The van der Waals surface area contributed by atoms with Crippen LogP contribution in [0.5, 0.6) is 11.5 Å². The van der Waals surface area contributed by atoms with Gasteiger partial charge in [0.2, 0.25) is 0 Å². The van der Waals surface area contributed by atoms with E-state index < -0.39 is 0 Å². The summed E-state index contributed by atoms with van der Waals surface area (Å²) in [6.45, 7) is 4.75. The van der Waals surface area contributed by atoms with Crippen LogP contribution in [-0.4, -0.2) is 20.9 Å². The van der Waals surface area contributed by atoms with Crippen molar-refractivity contribution in [2.45, 2.75) is 38.8 Å². The fourth-order valence-electron chi connectivity index (χ4n) is 6.97. The predicted octanol–water partition coefficient (Wildman–Crippen LogP) is 7.12. The molecule has 0 spiro atoms. The molecule has 0 radical (unpaired) electrons. The first-order chi connectivity index (χ1) is 19.5. The maximum atomic E-state index is 5.97. The molecule has 0 saturated carbocycles. The third kappa shape index (κ3) is 3.22. The van der Waals surface area contributed by atoms with Gasteiger partial charge in [0.25, 0.3) is 6.71 Å². The number of methoxy groups -OCH3 is 2. The van der Waals surface area contributed by atoms with Gasteiger partial charge in [0.1, 0.15) is 11.5 Å². The molecule has 2 aliphatic heterocycles. The quantitative estimate of drug-likeness (QED) is 0.217. The Bertz CT molecular complexity index is 1860. The second-order valence-corrected chi connectivity index (χ2v) is 13.3. The highest BCUT2D eigenvalue weighted by molar-refractivity contribution is 8.01. The van der Waals surface area contributed by atoms with E-state index in [1.807, 2.05) is 23.5 Å². The van der Waals surface area contributed by atoms with Crippen LogP contribution in [-0.2, 0) is 5.41 Å². The molecule has 5 heteroatoms. The summed E-state index contributed by atoms with van der Waals surface area (Å²) in [5.41, 5.74) is 11.9. The van der Waals surface area contributed by atoms with Gasteiger partial charge in [0.05, 0.1) is 14.2 Å². The zero-order valence-electron chi connectivity index (χ0n) is 22.9. The number of hydrogen-bond donors (Lipinski definition) is 0. The van der Waals surface area contributed by atoms with Crippen LogP contribution >= 0.6 is 23.5 Å². The van der Waals surface area contributed by atoms with Crippen molar-refractivity contribution in [2.24, 2.45) is 0 Å². The number of fused-ring (bicyclic) bond motifs is 7. The van der Waals surface area contributed by atoms with Crippen LogP contribution < -0.4 is 25.9 Å². The molecule has 0 N–H and O–H groups in total. The molecule has 5 aromatic rings. The fraction of sp³-hybridized carbons (Fsp3) is 0.143. The first-order valence-electron chi connectivity index (χ1n) is 13.6. The monoisotopic (exact) mass is 554 g/mol. The number of benzene rings is 5. The first-order valence-corrected chi connectivity index (χ1v) is 15.3. The molecule has 0 fully saturated rings. The van der Waals surface area contributed by atoms with E-state index in [0.717, 1.165) is 11.5 Å². The molecule has 194 valence electrons. The van der Waals surface area contributed by atoms with E-state index >= 15 is 0 Å². The lowest BCUT2D eigenvalue weighted by atomic mass is 9.35. The molecule has 0 unspecified atom stereocenters. The summed E-state index contributed by atoms with van der Waals surface area (Å²) in [7, 11) is 3.55. The molecule has 0 saturated heterocycles. The molecule has 2 nitrogen and oxygen atoms in total. The molecule has 8 rings (SSSR count). The minimum absolute atomic E-state index is 0.0365. The van der Waals surface area contributed by atoms with Crippen molar-refractivity contribution < 1.29 is 9.47 Å². The van der Waals surface area contributed by atoms with Crippen molar-refractivity contribution in [3.63, 3.8) is 0 Å². The van der Waals surface area contributed by atoms with Gasteiger partial charge < -0.3 is 9.47 Å². The topological polar surface area (TPSA) is 18.5 Å². The zero-order chi connectivity index (χ0) is 27.2. The van der Waals surface area contributed by atoms with Gasteiger partial charge in [0, 0.05) is 25.0 Å². The first kappa shape index (κ1) is 24.3. The van der Waals surface area contributed by atoms with Crippen molar-refractivity contribution in [3.8, 4) is 33.8 Å². The molecule has 0 bridgehead atoms. The maximum Gasteiger partial charge on any atom is 0.256 e. The highest BCUT2D eigenvalue weighted by Gasteiger charge is 2.43. The lowest BCUT2D eigenvalue weighted by Crippen LogP contribution is -2.58. The Kier molecular flexibility index (Phi) is 5.30. The average Bonchev–Trinajstić information content (AvgIpc) is 3.22. The van der Waals surface area contributed by atoms with Gasteiger partial charge >= 0.3 is 0 Å². The highest BCUT2D eigenvalue weighted by Crippen LogP contribution is 2.51. The molecule has 2 heterocycles. The molecule has 1 aliphatic carbocycles. The molecule has 0 amide bonds. The summed E-state index contributed by atoms with van der Waals surface area (Å²) >= 11 is 3.72. The van der Waals surface area contributed by atoms with E-state index in [0.29, 0.717) is 0 Å². The van der Waals surface area contributed by atoms with E-state index in [-0.39, 0.29) is 12.1 Å². The number of ether oxygens (including phenoxy) is 2. The van der Waals surface area contributed by atoms with Crippen LogP contribution in [0.3, 0.4) is 0 Å². The van der Waals surface area contributed by atoms with E-state index in [4.69, 9.17) is 9.47 Å². The summed E-state index contributed by atoms with van der Waals surface area (Å²) < 4.78 is 11.9. The van der Waals surface area contributed by atoms with Gasteiger partial charge in [-0.3, -0.25) is 0 Å². The smallest absolute Gasteiger partial charge is 0.256 e. The van der Waals surface area contributed by atoms with Crippen LogP contribution in [0.25, 0.3) is 22.3 Å². The summed E-state index contributed by atoms with van der Waals surface area (Å²) in [4.78, 5) is 5.13. The predicted molar refractivity (Wildman–Crippen MR) is 168 cm³/mol. The standard InChI is InChI=1S/C35H27BO2S2/c1-35(2)24-10-6-5-9-22(24)23-16-15-20(19-25(23)35)21-17-18-30-33-34(21)40-29-14-8-12-27(38-4)32(29)36(33)31-26(37-3)11-7-13-28(31)39-30/h5-19H,1-4H3. The second-order valence-electron chi connectivity index (χ2n) is 11.2. The Labute approximate surface area is 244 Å². The van der Waals surface area contributed by atoms with Crippen molar-refractivity contribution >= 4 is 46.6 Å². The Morgan fingerprint density at radius 2 is 1.20 bits per heavy atom. The highest BCUT2D eigenvalue weighted by atomic mass is 32.2. The summed E-state index contributed by atoms with van der Waals surface area (Å²) in [6.07, 6.45) is 0. The largest absolute Gasteiger partial charge is 0.497 e. The fourth-order valence-corrected chi connectivity index (χ4v) is 9.54. The Balaban J connectivity index is 1.38. The molecular formula is C35H27BO2S2. The van der Waals surface area contributed by atoms with Gasteiger partial charge in [-0.2, -0.15) is 0 Å². The lowest BCUT2D eigenvalue weighted by molar-refractivity contribution is 0.416. The molecular weight excluding hydrogens is 527 g/mol. The van der Waals surface area contributed by atoms with Crippen molar-refractivity contribution in [1.29, 1.82) is 0 Å². The summed E-state index contributed by atoms with van der Waals surface area (Å²) in [5, 5.41) is 0. The van der Waals surface area contributed by atoms with Gasteiger partial charge in [-0.15, -0.1) is 0 Å². The Morgan fingerprint density at radius 1 is 0.575 bits per heavy atom. The van der Waals surface area contributed by atoms with Crippen LogP contribution in [0.2, 0.25) is 0 Å². The van der Waals surface area contributed by atoms with Crippen molar-refractivity contribution in [2.75, 3.05) is 14.2 Å². The van der Waals surface area contributed by atoms with Crippen molar-refractivity contribution in [3.05, 3.63) is 102 Å². The maximum absolute atomic E-state index is 5.97. The van der Waals surface area contributed by atoms with Crippen LogP contribution in [0.4, 0.5) is 0 Å². The molecule has 5 aromatic carbocycles. The molecule has 3 aliphatic rings. The third-order valence-electron chi connectivity index (χ3n) is 8.84. The van der Waals surface area contributed by atoms with Gasteiger partial charge in [-0.25, -0.2) is 0 Å². The normalized spacial score (nSPS) is 14.9. The summed E-state index contributed by atoms with van der Waals surface area (Å²) in [6, 6.07) is 33.4. The van der Waals surface area contributed by atoms with Crippen LogP contribution in [0.1, 0.15) is 25.0 Å². The van der Waals surface area contributed by atoms with Crippen LogP contribution in [0.15, 0.2) is 111 Å². The SMILES string of the molecule is COc1cccc2c1B1c3c(OC)cccc3Sc3c(-c4ccc5c(c4)C(C)(C)c4ccccc4-5)ccc(c31)S2. The molecule has 40 heavy (non-hydrogen) atoms. The van der Waals surface area contributed by atoms with Crippen molar-refractivity contribution in [1.82, 2.24) is 0 Å². The van der Waals surface area contributed by atoms with Gasteiger partial charge in [0.15, 0.2) is 0 Å². The number of rotatable bonds is 3. The van der Waals surface area contributed by atoms with Gasteiger partial charge in [-0.1, -0.05) is 92.0 Å². The number of hydrogen-bond acceptors (Lipinski definition) is 4. The van der Waals surface area contributed by atoms with Gasteiger partial charge in [-0.05, 0) is 86.2 Å². The zero-order valence-corrected chi connectivity index (χ0v) is 24.5. The molecule has 0 atom stereocenters. The Hall–Kier alpha value is -3.54. The Morgan fingerprint density at radius 3 is 1.93 bits per heavy atom. The van der Waals surface area contributed by atoms with E-state index in [1.165, 1.54) is 69.4 Å².